The molecule has 12 heteroatoms. The van der Waals surface area contributed by atoms with Gasteiger partial charge in [0.25, 0.3) is 5.91 Å². The lowest BCUT2D eigenvalue weighted by Gasteiger charge is -2.39. The van der Waals surface area contributed by atoms with Crippen LogP contribution in [0.1, 0.15) is 69.8 Å². The third-order valence-electron chi connectivity index (χ3n) is 10.7. The summed E-state index contributed by atoms with van der Waals surface area (Å²) in [4.78, 5) is 58.3. The maximum absolute atomic E-state index is 13.4. The molecule has 0 spiro atoms. The van der Waals surface area contributed by atoms with Gasteiger partial charge in [0.1, 0.15) is 17.5 Å². The number of aryl methyl sites for hydroxylation is 1. The average Bonchev–Trinajstić information content (AvgIpc) is 3.83. The first-order valence-electron chi connectivity index (χ1n) is 17.2. The zero-order valence-electron chi connectivity index (χ0n) is 27.3. The lowest BCUT2D eigenvalue weighted by molar-refractivity contribution is -0.136. The molecule has 0 saturated carbocycles. The number of aromatic nitrogens is 4. The molecule has 0 bridgehead atoms. The van der Waals surface area contributed by atoms with Gasteiger partial charge in [0.2, 0.25) is 17.8 Å². The fraction of sp³-hybridized carbons (Fsp3) is 0.444. The molecule has 8 rings (SSSR count). The minimum atomic E-state index is -0.597. The van der Waals surface area contributed by atoms with Gasteiger partial charge < -0.3 is 19.7 Å². The second kappa shape index (κ2) is 12.6. The minimum Gasteiger partial charge on any atom is -0.368 e. The van der Waals surface area contributed by atoms with E-state index in [1.54, 1.807) is 4.90 Å². The van der Waals surface area contributed by atoms with Gasteiger partial charge in [-0.25, -0.2) is 9.97 Å². The molecule has 4 aliphatic rings. The Morgan fingerprint density at radius 2 is 1.83 bits per heavy atom. The van der Waals surface area contributed by atoms with Crippen LogP contribution in [0.3, 0.4) is 0 Å². The summed E-state index contributed by atoms with van der Waals surface area (Å²) < 4.78 is 2.10. The van der Waals surface area contributed by atoms with E-state index in [9.17, 15) is 14.4 Å². The topological polar surface area (TPSA) is 129 Å². The van der Waals surface area contributed by atoms with Crippen molar-refractivity contribution in [2.24, 2.45) is 5.92 Å². The molecule has 3 saturated heterocycles. The Morgan fingerprint density at radius 1 is 0.958 bits per heavy atom. The Balaban J connectivity index is 0.00000216. The second-order valence-electron chi connectivity index (χ2n) is 13.5. The molecule has 3 amide bonds. The smallest absolute Gasteiger partial charge is 0.255 e. The van der Waals surface area contributed by atoms with Gasteiger partial charge in [-0.15, -0.1) is 0 Å². The molecule has 2 N–H and O–H groups in total. The van der Waals surface area contributed by atoms with E-state index in [1.165, 1.54) is 5.56 Å². The van der Waals surface area contributed by atoms with Crippen molar-refractivity contribution in [3.8, 4) is 0 Å². The lowest BCUT2D eigenvalue weighted by atomic mass is 9.87. The number of piperidine rings is 2. The van der Waals surface area contributed by atoms with Crippen molar-refractivity contribution in [1.29, 1.82) is 0 Å². The summed E-state index contributed by atoms with van der Waals surface area (Å²) in [6, 6.07) is 12.0. The number of pyridine rings is 1. The van der Waals surface area contributed by atoms with E-state index < -0.39 is 6.04 Å². The van der Waals surface area contributed by atoms with Crippen molar-refractivity contribution in [3.05, 3.63) is 71.7 Å². The number of amides is 3. The molecule has 0 aliphatic carbocycles. The highest BCUT2D eigenvalue weighted by Crippen LogP contribution is 2.40. The second-order valence-corrected chi connectivity index (χ2v) is 13.5. The average molecular weight is 652 g/mol. The van der Waals surface area contributed by atoms with Crippen LogP contribution in [0.15, 0.2) is 55.0 Å². The predicted molar refractivity (Wildman–Crippen MR) is 186 cm³/mol. The number of rotatable bonds is 8. The molecule has 12 nitrogen and oxygen atoms in total. The number of nitrogens with zero attached hydrogens (tertiary/aromatic N) is 7. The van der Waals surface area contributed by atoms with E-state index in [2.05, 4.69) is 59.0 Å². The number of hydrogen-bond acceptors (Lipinski definition) is 9. The van der Waals surface area contributed by atoms with Crippen LogP contribution >= 0.6 is 0 Å². The van der Waals surface area contributed by atoms with Crippen LogP contribution in [-0.4, -0.2) is 78.8 Å². The molecule has 4 aromatic rings. The summed E-state index contributed by atoms with van der Waals surface area (Å²) in [7, 11) is 0. The summed E-state index contributed by atoms with van der Waals surface area (Å²) in [5, 5.41) is 6.68. The van der Waals surface area contributed by atoms with Crippen LogP contribution in [0.25, 0.3) is 11.0 Å². The van der Waals surface area contributed by atoms with Gasteiger partial charge in [-0.2, -0.15) is 4.98 Å². The van der Waals surface area contributed by atoms with Crippen LogP contribution in [-0.2, 0) is 29.2 Å². The third-order valence-corrected chi connectivity index (χ3v) is 10.7. The quantitative estimate of drug-likeness (QED) is 0.260. The maximum atomic E-state index is 13.4. The number of carbonyl (C=O) groups excluding carboxylic acids is 3. The lowest BCUT2D eigenvalue weighted by Crippen LogP contribution is -2.52. The first-order chi connectivity index (χ1) is 23.4. The Labute approximate surface area is 282 Å². The predicted octanol–water partition coefficient (Wildman–Crippen LogP) is 4.72. The van der Waals surface area contributed by atoms with E-state index in [0.29, 0.717) is 36.4 Å². The highest BCUT2D eigenvalue weighted by molar-refractivity contribution is 6.06. The number of anilines is 3. The molecule has 0 radical (unpaired) electrons. The van der Waals surface area contributed by atoms with Gasteiger partial charge in [-0.05, 0) is 87.9 Å². The molecule has 252 valence electrons. The Morgan fingerprint density at radius 3 is 2.62 bits per heavy atom. The van der Waals surface area contributed by atoms with E-state index in [4.69, 9.17) is 0 Å². The van der Waals surface area contributed by atoms with Crippen LogP contribution < -0.4 is 15.5 Å². The summed E-state index contributed by atoms with van der Waals surface area (Å²) in [6.07, 6.45) is 11.0. The molecule has 3 fully saturated rings. The van der Waals surface area contributed by atoms with E-state index in [0.717, 1.165) is 86.5 Å². The van der Waals surface area contributed by atoms with Crippen molar-refractivity contribution in [1.82, 2.24) is 34.6 Å². The summed E-state index contributed by atoms with van der Waals surface area (Å²) in [5.41, 5.74) is 4.93. The van der Waals surface area contributed by atoms with Crippen molar-refractivity contribution in [2.75, 3.05) is 29.9 Å². The molecule has 4 aliphatic heterocycles. The normalized spacial score (nSPS) is 22.1. The Bertz CT molecular complexity index is 1880. The van der Waals surface area contributed by atoms with Gasteiger partial charge in [-0.3, -0.25) is 24.6 Å². The zero-order chi connectivity index (χ0) is 32.8. The monoisotopic (exact) mass is 651 g/mol. The zero-order valence-corrected chi connectivity index (χ0v) is 27.3. The third kappa shape index (κ3) is 5.67. The molecule has 7 heterocycles. The van der Waals surface area contributed by atoms with Crippen LogP contribution in [0, 0.1) is 5.92 Å². The van der Waals surface area contributed by atoms with Crippen molar-refractivity contribution in [3.63, 3.8) is 0 Å². The number of benzene rings is 1. The number of fused-ring (bicyclic) bond motifs is 2. The van der Waals surface area contributed by atoms with Gasteiger partial charge in [-0.1, -0.05) is 12.1 Å². The van der Waals surface area contributed by atoms with E-state index >= 15 is 0 Å². The van der Waals surface area contributed by atoms with Gasteiger partial charge >= 0.3 is 0 Å². The van der Waals surface area contributed by atoms with Crippen LogP contribution in [0.5, 0.6) is 0 Å². The number of imide groups is 1. The molecule has 1 aromatic carbocycles. The SMILES string of the molecule is CCn1ccc2cnc(Nc3ccc(CN4CCC(C5CCCN5c5cccc6c5CN(C5CCC(=O)NC5=O)C6=O)CC4)cn3)nc21.[HH].[HH]. The molecule has 2 unspecified atom stereocenters. The Hall–Kier alpha value is -4.84. The fourth-order valence-electron chi connectivity index (χ4n) is 8.17. The molecular formula is C36H45N9O3. The summed E-state index contributed by atoms with van der Waals surface area (Å²) in [6.45, 7) is 7.28. The summed E-state index contributed by atoms with van der Waals surface area (Å²) >= 11 is 0. The van der Waals surface area contributed by atoms with Gasteiger partial charge in [0, 0.05) is 82.3 Å². The molecular weight excluding hydrogens is 606 g/mol. The van der Waals surface area contributed by atoms with Gasteiger partial charge in [0.15, 0.2) is 0 Å². The van der Waals surface area contributed by atoms with E-state index in [1.807, 2.05) is 42.9 Å². The summed E-state index contributed by atoms with van der Waals surface area (Å²) in [5.74, 6) is 1.10. The maximum Gasteiger partial charge on any atom is 0.255 e. The highest BCUT2D eigenvalue weighted by atomic mass is 16.2. The first-order valence-corrected chi connectivity index (χ1v) is 17.2. The van der Waals surface area contributed by atoms with Gasteiger partial charge in [0.05, 0.1) is 0 Å². The molecule has 3 aromatic heterocycles. The van der Waals surface area contributed by atoms with Crippen LogP contribution in [0.4, 0.5) is 17.5 Å². The Kier molecular flexibility index (Phi) is 8.03. The van der Waals surface area contributed by atoms with Crippen molar-refractivity contribution in [2.45, 2.75) is 77.2 Å². The van der Waals surface area contributed by atoms with Crippen molar-refractivity contribution >= 4 is 46.2 Å². The number of carbonyl (C=O) groups is 3. The number of hydrogen-bond donors (Lipinski definition) is 2. The van der Waals surface area contributed by atoms with Crippen LogP contribution in [0.2, 0.25) is 0 Å². The molecule has 2 atom stereocenters. The number of likely N-dealkylation sites (tertiary alicyclic amines) is 1. The van der Waals surface area contributed by atoms with E-state index in [-0.39, 0.29) is 27.0 Å². The largest absolute Gasteiger partial charge is 0.368 e. The first kappa shape index (κ1) is 30.5. The van der Waals surface area contributed by atoms with Crippen molar-refractivity contribution < 1.29 is 17.2 Å². The molecule has 48 heavy (non-hydrogen) atoms. The minimum absolute atomic E-state index is 0. The fourth-order valence-corrected chi connectivity index (χ4v) is 8.17. The highest BCUT2D eigenvalue weighted by Gasteiger charge is 2.42. The number of nitrogens with one attached hydrogen (secondary N) is 2. The standard InChI is InChI=1S/C36H41N9O3.2H2/c1-2-43-18-14-25-20-38-36(41-33(25)43)39-31-10-8-23(19-37-31)21-42-16-12-24(13-17-42)28-7-4-15-44(28)29-6-3-5-26-27(29)22-45(35(26)48)30-9-11-32(46)40-34(30)47;;/h3,5-6,8,10,14,18-20,24,28,30H,2,4,7,9,11-13,15-17,21-22H2,1H3,(H,40,46,47)(H,37,38,39,41);2*1H.